The van der Waals surface area contributed by atoms with Crippen LogP contribution in [-0.4, -0.2) is 32.7 Å². The van der Waals surface area contributed by atoms with E-state index in [1.54, 1.807) is 0 Å². The van der Waals surface area contributed by atoms with Crippen molar-refractivity contribution in [1.82, 2.24) is 0 Å². The summed E-state index contributed by atoms with van der Waals surface area (Å²) < 4.78 is 6.66. The summed E-state index contributed by atoms with van der Waals surface area (Å²) in [6, 6.07) is 21.0. The van der Waals surface area contributed by atoms with Crippen molar-refractivity contribution in [1.29, 1.82) is 0 Å². The second-order valence-electron chi connectivity index (χ2n) is 7.19. The summed E-state index contributed by atoms with van der Waals surface area (Å²) >= 11 is 0. The fraction of sp³-hybridized carbons (Fsp3) is 0.400. The van der Waals surface area contributed by atoms with Crippen molar-refractivity contribution < 1.29 is 9.53 Å². The number of nitrogens with two attached hydrogens (primary N) is 1. The van der Waals surface area contributed by atoms with E-state index in [1.165, 1.54) is 10.4 Å². The molecular weight excluding hydrogens is 314 g/mol. The zero-order valence-electron chi connectivity index (χ0n) is 14.9. The third kappa shape index (κ3) is 3.95. The highest BCUT2D eigenvalue weighted by Gasteiger charge is 2.49. The van der Waals surface area contributed by atoms with Gasteiger partial charge in [0.1, 0.15) is 0 Å². The molecule has 0 aromatic heterocycles. The Morgan fingerprint density at radius 2 is 1.42 bits per heavy atom. The minimum Gasteiger partial charge on any atom is -0.407 e. The van der Waals surface area contributed by atoms with Crippen LogP contribution in [0.2, 0.25) is 5.04 Å². The van der Waals surface area contributed by atoms with Gasteiger partial charge in [0.15, 0.2) is 0 Å². The van der Waals surface area contributed by atoms with Crippen molar-refractivity contribution in [3.05, 3.63) is 60.7 Å². The van der Waals surface area contributed by atoms with Crippen molar-refractivity contribution >= 4 is 18.7 Å². The van der Waals surface area contributed by atoms with E-state index in [-0.39, 0.29) is 11.6 Å². The van der Waals surface area contributed by atoms with Gasteiger partial charge in [-0.25, -0.2) is 0 Å². The van der Waals surface area contributed by atoms with Crippen LogP contribution in [-0.2, 0) is 4.43 Å². The van der Waals surface area contributed by atoms with Gasteiger partial charge in [-0.2, -0.15) is 0 Å². The predicted octanol–water partition coefficient (Wildman–Crippen LogP) is 2.27. The number of aliphatic hydroxyl groups is 1. The van der Waals surface area contributed by atoms with Crippen LogP contribution in [0, 0.1) is 0 Å². The monoisotopic (exact) mass is 343 g/mol. The van der Waals surface area contributed by atoms with Crippen molar-refractivity contribution in [2.45, 2.75) is 38.3 Å². The molecule has 3 N–H and O–H groups in total. The summed E-state index contributed by atoms with van der Waals surface area (Å²) in [6.07, 6.45) is 0.0456. The van der Waals surface area contributed by atoms with E-state index in [2.05, 4.69) is 69.3 Å². The molecule has 24 heavy (non-hydrogen) atoms. The molecule has 2 rings (SSSR count). The minimum absolute atomic E-state index is 0.0383. The topological polar surface area (TPSA) is 55.5 Å². The van der Waals surface area contributed by atoms with Crippen LogP contribution in [0.25, 0.3) is 0 Å². The lowest BCUT2D eigenvalue weighted by Gasteiger charge is -2.43. The highest BCUT2D eigenvalue weighted by atomic mass is 28.4. The van der Waals surface area contributed by atoms with Crippen LogP contribution in [0.1, 0.15) is 27.2 Å². The first-order valence-corrected chi connectivity index (χ1v) is 10.5. The van der Waals surface area contributed by atoms with Crippen molar-refractivity contribution in [3.63, 3.8) is 0 Å². The molecule has 0 bridgehead atoms. The molecule has 3 nitrogen and oxygen atoms in total. The van der Waals surface area contributed by atoms with Crippen molar-refractivity contribution in [3.8, 4) is 0 Å². The van der Waals surface area contributed by atoms with Gasteiger partial charge in [-0.05, 0) is 21.8 Å². The molecule has 0 fully saturated rings. The summed E-state index contributed by atoms with van der Waals surface area (Å²) in [7, 11) is -2.48. The van der Waals surface area contributed by atoms with Gasteiger partial charge in [0.2, 0.25) is 0 Å². The Balaban J connectivity index is 2.49. The zero-order valence-corrected chi connectivity index (χ0v) is 15.9. The van der Waals surface area contributed by atoms with Crippen LogP contribution in [0.4, 0.5) is 0 Å². The Morgan fingerprint density at radius 3 is 1.79 bits per heavy atom. The van der Waals surface area contributed by atoms with E-state index in [0.717, 1.165) is 0 Å². The average Bonchev–Trinajstić information content (AvgIpc) is 2.59. The molecule has 1 atom stereocenters. The standard InChI is InChI=1S/C20H29NO2Si/c1-20(2,3)24(18-10-6-4-7-11-18,19-12-8-5-9-13-19)23-15-14-17(22)16-21/h4-13,17,22H,14-16,21H2,1-3H3/t17-/m1/s1. The molecule has 0 spiro atoms. The van der Waals surface area contributed by atoms with E-state index in [4.69, 9.17) is 10.2 Å². The summed E-state index contributed by atoms with van der Waals surface area (Å²) in [5, 5.41) is 12.3. The highest BCUT2D eigenvalue weighted by Crippen LogP contribution is 2.36. The highest BCUT2D eigenvalue weighted by molar-refractivity contribution is 6.99. The molecule has 0 heterocycles. The lowest BCUT2D eigenvalue weighted by molar-refractivity contribution is 0.143. The van der Waals surface area contributed by atoms with Gasteiger partial charge in [-0.1, -0.05) is 81.4 Å². The molecule has 0 saturated carbocycles. The summed E-state index contributed by atoms with van der Waals surface area (Å²) in [6.45, 7) is 7.52. The number of hydrogen-bond donors (Lipinski definition) is 2. The Bertz CT molecular complexity index is 571. The lowest BCUT2D eigenvalue weighted by atomic mass is 10.2. The normalized spacial score (nSPS) is 13.7. The number of aliphatic hydroxyl groups excluding tert-OH is 1. The van der Waals surface area contributed by atoms with Gasteiger partial charge < -0.3 is 15.3 Å². The Hall–Kier alpha value is -1.46. The summed E-state index contributed by atoms with van der Waals surface area (Å²) in [4.78, 5) is 0. The quantitative estimate of drug-likeness (QED) is 0.758. The Morgan fingerprint density at radius 1 is 0.958 bits per heavy atom. The van der Waals surface area contributed by atoms with Gasteiger partial charge in [-0.15, -0.1) is 0 Å². The molecule has 0 amide bonds. The molecule has 2 aromatic carbocycles. The first kappa shape index (κ1) is 18.9. The number of hydrogen-bond acceptors (Lipinski definition) is 3. The van der Waals surface area contributed by atoms with Crippen LogP contribution < -0.4 is 16.1 Å². The molecule has 0 aliphatic rings. The third-order valence-corrected chi connectivity index (χ3v) is 9.50. The number of benzene rings is 2. The van der Waals surface area contributed by atoms with Crippen molar-refractivity contribution in [2.24, 2.45) is 5.73 Å². The van der Waals surface area contributed by atoms with E-state index >= 15 is 0 Å². The SMILES string of the molecule is CC(C)(C)[Si](OCC[C@@H](O)CN)(c1ccccc1)c1ccccc1. The van der Waals surface area contributed by atoms with Crippen molar-refractivity contribution in [2.75, 3.05) is 13.2 Å². The van der Waals surface area contributed by atoms with Crippen LogP contribution in [0.3, 0.4) is 0 Å². The van der Waals surface area contributed by atoms with Gasteiger partial charge in [-0.3, -0.25) is 0 Å². The molecular formula is C20H29NO2Si. The van der Waals surface area contributed by atoms with Crippen LogP contribution in [0.5, 0.6) is 0 Å². The maximum Gasteiger partial charge on any atom is 0.261 e. The summed E-state index contributed by atoms with van der Waals surface area (Å²) in [5.41, 5.74) is 5.54. The average molecular weight is 344 g/mol. The largest absolute Gasteiger partial charge is 0.407 e. The molecule has 130 valence electrons. The second-order valence-corrected chi connectivity index (χ2v) is 11.5. The third-order valence-electron chi connectivity index (χ3n) is 4.46. The molecule has 0 radical (unpaired) electrons. The van der Waals surface area contributed by atoms with E-state index < -0.39 is 14.4 Å². The fourth-order valence-electron chi connectivity index (χ4n) is 3.23. The molecule has 4 heteroatoms. The second kappa shape index (κ2) is 8.08. The van der Waals surface area contributed by atoms with Crippen LogP contribution >= 0.6 is 0 Å². The molecule has 0 aliphatic heterocycles. The molecule has 0 aliphatic carbocycles. The van der Waals surface area contributed by atoms with E-state index in [1.807, 2.05) is 12.1 Å². The maximum absolute atomic E-state index is 9.81. The first-order chi connectivity index (χ1) is 11.4. The maximum atomic E-state index is 9.81. The van der Waals surface area contributed by atoms with E-state index in [0.29, 0.717) is 13.0 Å². The molecule has 2 aromatic rings. The van der Waals surface area contributed by atoms with Gasteiger partial charge in [0, 0.05) is 13.2 Å². The van der Waals surface area contributed by atoms with E-state index in [9.17, 15) is 5.11 Å². The smallest absolute Gasteiger partial charge is 0.261 e. The van der Waals surface area contributed by atoms with Gasteiger partial charge in [0.05, 0.1) is 6.10 Å². The predicted molar refractivity (Wildman–Crippen MR) is 103 cm³/mol. The zero-order chi connectivity index (χ0) is 17.6. The first-order valence-electron chi connectivity index (χ1n) is 8.55. The fourth-order valence-corrected chi connectivity index (χ4v) is 7.81. The molecule has 0 saturated heterocycles. The van der Waals surface area contributed by atoms with Gasteiger partial charge >= 0.3 is 0 Å². The summed E-state index contributed by atoms with van der Waals surface area (Å²) in [5.74, 6) is 0. The Labute approximate surface area is 146 Å². The van der Waals surface area contributed by atoms with Crippen LogP contribution in [0.15, 0.2) is 60.7 Å². The minimum atomic E-state index is -2.48. The lowest BCUT2D eigenvalue weighted by Crippen LogP contribution is -2.66. The Kier molecular flexibility index (Phi) is 6.35. The van der Waals surface area contributed by atoms with Gasteiger partial charge in [0.25, 0.3) is 8.32 Å². The number of rotatable bonds is 7. The molecule has 0 unspecified atom stereocenters.